The van der Waals surface area contributed by atoms with Gasteiger partial charge in [0, 0.05) is 19.3 Å². The van der Waals surface area contributed by atoms with E-state index in [4.69, 9.17) is 10.8 Å². The van der Waals surface area contributed by atoms with Crippen molar-refractivity contribution in [2.75, 3.05) is 19.7 Å². The largest absolute Gasteiger partial charge is 0.384 e. The molecule has 0 spiro atoms. The molecule has 0 aromatic carbocycles. The molecule has 1 heterocycles. The number of hydrogen-bond donors (Lipinski definition) is 4. The van der Waals surface area contributed by atoms with Crippen LogP contribution >= 0.6 is 0 Å². The Hall–Kier alpha value is -2.59. The number of urea groups is 1. The number of primary amides is 1. The van der Waals surface area contributed by atoms with Crippen LogP contribution in [0.15, 0.2) is 18.3 Å². The molecule has 100 valence electrons. The lowest BCUT2D eigenvalue weighted by atomic mass is 10.2. The molecule has 0 fully saturated rings. The van der Waals surface area contributed by atoms with Crippen LogP contribution < -0.4 is 16.4 Å². The van der Waals surface area contributed by atoms with Gasteiger partial charge in [0.2, 0.25) is 0 Å². The highest BCUT2D eigenvalue weighted by Crippen LogP contribution is 2.03. The number of aliphatic hydroxyl groups excluding tert-OH is 1. The lowest BCUT2D eigenvalue weighted by Gasteiger charge is -2.06. The summed E-state index contributed by atoms with van der Waals surface area (Å²) in [5, 5.41) is 13.5. The minimum absolute atomic E-state index is 0.169. The quantitative estimate of drug-likeness (QED) is 0.403. The number of pyridine rings is 1. The van der Waals surface area contributed by atoms with E-state index >= 15 is 0 Å². The minimum atomic E-state index is -0.651. The van der Waals surface area contributed by atoms with E-state index in [-0.39, 0.29) is 25.4 Å². The normalized spacial score (nSPS) is 9.11. The second kappa shape index (κ2) is 7.68. The van der Waals surface area contributed by atoms with Gasteiger partial charge in [0.15, 0.2) is 0 Å². The third kappa shape index (κ3) is 5.06. The number of aromatic nitrogens is 1. The first kappa shape index (κ1) is 14.5. The smallest absolute Gasteiger partial charge is 0.312 e. The number of amides is 3. The third-order valence-electron chi connectivity index (χ3n) is 2.03. The highest BCUT2D eigenvalue weighted by atomic mass is 16.2. The van der Waals surface area contributed by atoms with Gasteiger partial charge in [-0.15, -0.1) is 0 Å². The molecule has 0 bridgehead atoms. The fraction of sp³-hybridized carbons (Fsp3) is 0.250. The predicted octanol–water partition coefficient (Wildman–Crippen LogP) is -1.18. The molecule has 3 amide bonds. The van der Waals surface area contributed by atoms with Crippen molar-refractivity contribution in [3.8, 4) is 11.8 Å². The Kier molecular flexibility index (Phi) is 5.85. The van der Waals surface area contributed by atoms with E-state index in [1.54, 1.807) is 12.1 Å². The van der Waals surface area contributed by atoms with Gasteiger partial charge in [0.05, 0.1) is 5.56 Å². The van der Waals surface area contributed by atoms with E-state index in [9.17, 15) is 9.59 Å². The van der Waals surface area contributed by atoms with E-state index in [0.29, 0.717) is 5.56 Å². The van der Waals surface area contributed by atoms with Crippen LogP contribution in [0.2, 0.25) is 0 Å². The molecule has 7 nitrogen and oxygen atoms in total. The van der Waals surface area contributed by atoms with E-state index in [1.165, 1.54) is 6.20 Å². The summed E-state index contributed by atoms with van der Waals surface area (Å²) in [6.07, 6.45) is 1.47. The van der Waals surface area contributed by atoms with Gasteiger partial charge in [0.25, 0.3) is 5.91 Å². The molecule has 1 rings (SSSR count). The van der Waals surface area contributed by atoms with Crippen molar-refractivity contribution in [1.82, 2.24) is 15.6 Å². The second-order valence-electron chi connectivity index (χ2n) is 3.41. The Morgan fingerprint density at radius 1 is 1.37 bits per heavy atom. The molecule has 0 aliphatic carbocycles. The summed E-state index contributed by atoms with van der Waals surface area (Å²) in [7, 11) is 0. The molecule has 5 N–H and O–H groups in total. The molecule has 0 atom stereocenters. The average Bonchev–Trinajstić information content (AvgIpc) is 2.41. The Labute approximate surface area is 110 Å². The molecule has 0 saturated carbocycles. The zero-order chi connectivity index (χ0) is 14.1. The highest BCUT2D eigenvalue weighted by Gasteiger charge is 2.10. The Morgan fingerprint density at radius 3 is 2.79 bits per heavy atom. The molecule has 0 radical (unpaired) electrons. The number of nitrogens with one attached hydrogen (secondary N) is 2. The predicted molar refractivity (Wildman–Crippen MR) is 68.1 cm³/mol. The topological polar surface area (TPSA) is 117 Å². The van der Waals surface area contributed by atoms with Crippen LogP contribution in [-0.4, -0.2) is 41.7 Å². The van der Waals surface area contributed by atoms with E-state index in [1.807, 2.05) is 0 Å². The van der Waals surface area contributed by atoms with Gasteiger partial charge in [-0.2, -0.15) is 0 Å². The number of carbonyl (C=O) groups excluding carboxylic acids is 2. The summed E-state index contributed by atoms with van der Waals surface area (Å²) in [5.74, 6) is 4.69. The van der Waals surface area contributed by atoms with Gasteiger partial charge in [-0.3, -0.25) is 4.79 Å². The van der Waals surface area contributed by atoms with Crippen molar-refractivity contribution in [2.24, 2.45) is 5.73 Å². The van der Waals surface area contributed by atoms with Crippen molar-refractivity contribution in [3.63, 3.8) is 0 Å². The minimum Gasteiger partial charge on any atom is -0.384 e. The van der Waals surface area contributed by atoms with E-state index < -0.39 is 11.9 Å². The Balaban J connectivity index is 2.63. The first-order valence-electron chi connectivity index (χ1n) is 5.51. The van der Waals surface area contributed by atoms with Crippen molar-refractivity contribution >= 4 is 11.9 Å². The first-order valence-corrected chi connectivity index (χ1v) is 5.51. The van der Waals surface area contributed by atoms with Gasteiger partial charge in [-0.25, -0.2) is 9.78 Å². The van der Waals surface area contributed by atoms with Gasteiger partial charge in [0.1, 0.15) is 12.3 Å². The standard InChI is InChI=1S/C12H14N4O3/c13-12(19)16-7-6-15-11(18)10-9(4-2-8-17)3-1-5-14-10/h1,3,5,17H,6-8H2,(H,15,18)(H3,13,16,19). The molecular formula is C12H14N4O3. The number of nitrogens with zero attached hydrogens (tertiary/aromatic N) is 1. The number of nitrogens with two attached hydrogens (primary N) is 1. The summed E-state index contributed by atoms with van der Waals surface area (Å²) in [4.78, 5) is 26.2. The maximum Gasteiger partial charge on any atom is 0.312 e. The Bertz CT molecular complexity index is 519. The van der Waals surface area contributed by atoms with Crippen LogP contribution in [0, 0.1) is 11.8 Å². The monoisotopic (exact) mass is 262 g/mol. The molecular weight excluding hydrogens is 248 g/mol. The number of carbonyl (C=O) groups is 2. The summed E-state index contributed by atoms with van der Waals surface area (Å²) >= 11 is 0. The van der Waals surface area contributed by atoms with Crippen LogP contribution in [0.4, 0.5) is 4.79 Å². The van der Waals surface area contributed by atoms with Crippen molar-refractivity contribution in [1.29, 1.82) is 0 Å². The molecule has 0 aliphatic heterocycles. The zero-order valence-electron chi connectivity index (χ0n) is 10.1. The molecule has 7 heteroatoms. The van der Waals surface area contributed by atoms with Gasteiger partial charge in [-0.1, -0.05) is 11.8 Å². The number of aliphatic hydroxyl groups is 1. The maximum absolute atomic E-state index is 11.8. The van der Waals surface area contributed by atoms with E-state index in [0.717, 1.165) is 0 Å². The van der Waals surface area contributed by atoms with Crippen LogP contribution in [0.3, 0.4) is 0 Å². The van der Waals surface area contributed by atoms with Crippen LogP contribution in [0.25, 0.3) is 0 Å². The SMILES string of the molecule is NC(=O)NCCNC(=O)c1ncccc1C#CCO. The molecule has 0 aliphatic rings. The fourth-order valence-corrected chi connectivity index (χ4v) is 1.27. The second-order valence-corrected chi connectivity index (χ2v) is 3.41. The van der Waals surface area contributed by atoms with Crippen LogP contribution in [-0.2, 0) is 0 Å². The molecule has 0 saturated heterocycles. The Morgan fingerprint density at radius 2 is 2.11 bits per heavy atom. The van der Waals surface area contributed by atoms with Crippen molar-refractivity contribution < 1.29 is 14.7 Å². The van der Waals surface area contributed by atoms with Crippen molar-refractivity contribution in [2.45, 2.75) is 0 Å². The van der Waals surface area contributed by atoms with Gasteiger partial charge in [-0.05, 0) is 12.1 Å². The fourth-order valence-electron chi connectivity index (χ4n) is 1.27. The summed E-state index contributed by atoms with van der Waals surface area (Å²) in [6, 6.07) is 2.63. The maximum atomic E-state index is 11.8. The first-order chi connectivity index (χ1) is 9.15. The molecule has 19 heavy (non-hydrogen) atoms. The number of rotatable bonds is 4. The molecule has 0 unspecified atom stereocenters. The third-order valence-corrected chi connectivity index (χ3v) is 2.03. The lowest BCUT2D eigenvalue weighted by Crippen LogP contribution is -2.37. The zero-order valence-corrected chi connectivity index (χ0v) is 10.1. The average molecular weight is 262 g/mol. The highest BCUT2D eigenvalue weighted by molar-refractivity contribution is 5.94. The summed E-state index contributed by atoms with van der Waals surface area (Å²) in [5.41, 5.74) is 5.48. The van der Waals surface area contributed by atoms with Crippen molar-refractivity contribution in [3.05, 3.63) is 29.6 Å². The van der Waals surface area contributed by atoms with Gasteiger partial charge < -0.3 is 21.5 Å². The van der Waals surface area contributed by atoms with Gasteiger partial charge >= 0.3 is 6.03 Å². The molecule has 1 aromatic rings. The number of hydrogen-bond acceptors (Lipinski definition) is 4. The lowest BCUT2D eigenvalue weighted by molar-refractivity contribution is 0.0948. The molecule has 1 aromatic heterocycles. The van der Waals surface area contributed by atoms with Crippen LogP contribution in [0.5, 0.6) is 0 Å². The summed E-state index contributed by atoms with van der Waals surface area (Å²) < 4.78 is 0. The summed E-state index contributed by atoms with van der Waals surface area (Å²) in [6.45, 7) is 0.162. The van der Waals surface area contributed by atoms with E-state index in [2.05, 4.69) is 27.5 Å². The van der Waals surface area contributed by atoms with Crippen LogP contribution in [0.1, 0.15) is 16.1 Å².